The maximum absolute atomic E-state index is 13.5. The number of sulfonamides is 1. The van der Waals surface area contributed by atoms with Gasteiger partial charge in [-0.1, -0.05) is 48.5 Å². The lowest BCUT2D eigenvalue weighted by Crippen LogP contribution is -2.16. The molecule has 0 aliphatic carbocycles. The maximum Gasteiger partial charge on any atom is 0.339 e. The van der Waals surface area contributed by atoms with Gasteiger partial charge in [-0.25, -0.2) is 13.2 Å². The van der Waals surface area contributed by atoms with Gasteiger partial charge < -0.3 is 19.1 Å². The Balaban J connectivity index is 1.54. The Morgan fingerprint density at radius 1 is 0.805 bits per heavy atom. The molecule has 0 aliphatic rings. The summed E-state index contributed by atoms with van der Waals surface area (Å²) in [6.45, 7) is 0. The van der Waals surface area contributed by atoms with E-state index in [1.807, 2.05) is 24.3 Å². The van der Waals surface area contributed by atoms with Crippen LogP contribution in [0.4, 0.5) is 5.69 Å². The molecule has 0 saturated carbocycles. The highest BCUT2D eigenvalue weighted by atomic mass is 32.2. The van der Waals surface area contributed by atoms with E-state index < -0.39 is 16.0 Å². The fourth-order valence-electron chi connectivity index (χ4n) is 4.60. The minimum Gasteiger partial charge on any atom is -0.508 e. The highest BCUT2D eigenvalue weighted by Gasteiger charge is 2.25. The van der Waals surface area contributed by atoms with Crippen LogP contribution in [0.15, 0.2) is 107 Å². The summed E-state index contributed by atoms with van der Waals surface area (Å²) >= 11 is 0.746. The number of rotatable bonds is 8. The number of carbonyl (C=O) groups is 1. The number of anilines is 1. The molecule has 0 atom stereocenters. The van der Waals surface area contributed by atoms with Crippen LogP contribution in [0.25, 0.3) is 33.0 Å². The van der Waals surface area contributed by atoms with Crippen LogP contribution in [0.1, 0.15) is 10.4 Å². The molecule has 0 aromatic heterocycles. The van der Waals surface area contributed by atoms with Crippen LogP contribution < -0.4 is 4.72 Å². The predicted molar refractivity (Wildman–Crippen MR) is 160 cm³/mol. The Labute approximate surface area is 241 Å². The first-order chi connectivity index (χ1) is 19.7. The van der Waals surface area contributed by atoms with E-state index in [-0.39, 0.29) is 32.5 Å². The number of aromatic hydroxyl groups is 2. The molecule has 0 radical (unpaired) electrons. The zero-order chi connectivity index (χ0) is 29.1. The first-order valence-electron chi connectivity index (χ1n) is 12.3. The number of methoxy groups -OCH3 is 1. The second kappa shape index (κ2) is 11.5. The molecule has 5 aromatic carbocycles. The van der Waals surface area contributed by atoms with Crippen LogP contribution in [0.3, 0.4) is 0 Å². The Morgan fingerprint density at radius 2 is 1.54 bits per heavy atom. The number of benzene rings is 5. The molecule has 3 N–H and O–H groups in total. The Bertz CT molecular complexity index is 1890. The summed E-state index contributed by atoms with van der Waals surface area (Å²) in [4.78, 5) is 12.2. The molecule has 8 nitrogen and oxygen atoms in total. The number of nitrogens with one attached hydrogen (secondary N) is 1. The van der Waals surface area contributed by atoms with E-state index >= 15 is 0 Å². The van der Waals surface area contributed by atoms with E-state index in [4.69, 9.17) is 8.92 Å². The third-order valence-corrected chi connectivity index (χ3v) is 8.75. The number of fused-ring (bicyclic) bond motifs is 1. The minimum absolute atomic E-state index is 0.0344. The summed E-state index contributed by atoms with van der Waals surface area (Å²) in [5.41, 5.74) is 3.18. The van der Waals surface area contributed by atoms with E-state index in [0.29, 0.717) is 11.1 Å². The molecule has 0 unspecified atom stereocenters. The summed E-state index contributed by atoms with van der Waals surface area (Å²) in [7, 11) is -1.58. The molecule has 208 valence electrons. The molecule has 0 bridgehead atoms. The number of ether oxygens (including phenoxy) is 1. The lowest BCUT2D eigenvalue weighted by atomic mass is 9.94. The topological polar surface area (TPSA) is 122 Å². The van der Waals surface area contributed by atoms with Crippen LogP contribution in [-0.4, -0.2) is 38.8 Å². The molecule has 0 aliphatic heterocycles. The molecule has 0 fully saturated rings. The van der Waals surface area contributed by atoms with E-state index in [0.717, 1.165) is 33.9 Å². The fraction of sp³-hybridized carbons (Fsp3) is 0.0645. The van der Waals surface area contributed by atoms with Gasteiger partial charge in [-0.05, 0) is 76.0 Å². The summed E-state index contributed by atoms with van der Waals surface area (Å²) in [6.07, 6.45) is 0. The smallest absolute Gasteiger partial charge is 0.339 e. The molecular weight excluding hydrogens is 562 g/mol. The van der Waals surface area contributed by atoms with Crippen molar-refractivity contribution in [3.63, 3.8) is 0 Å². The molecule has 0 saturated heterocycles. The third-order valence-electron chi connectivity index (χ3n) is 6.42. The van der Waals surface area contributed by atoms with Crippen LogP contribution in [-0.2, 0) is 18.9 Å². The van der Waals surface area contributed by atoms with Crippen LogP contribution >= 0.6 is 12.0 Å². The van der Waals surface area contributed by atoms with Gasteiger partial charge in [0.05, 0.1) is 24.7 Å². The first kappa shape index (κ1) is 28.0. The van der Waals surface area contributed by atoms with Crippen LogP contribution in [0.5, 0.6) is 11.5 Å². The van der Waals surface area contributed by atoms with Crippen molar-refractivity contribution in [1.82, 2.24) is 0 Å². The van der Waals surface area contributed by atoms with Crippen LogP contribution in [0.2, 0.25) is 0 Å². The maximum atomic E-state index is 13.5. The van der Waals surface area contributed by atoms with Crippen LogP contribution in [0, 0.1) is 0 Å². The van der Waals surface area contributed by atoms with Gasteiger partial charge in [0.2, 0.25) is 0 Å². The molecule has 0 amide bonds. The summed E-state index contributed by atoms with van der Waals surface area (Å²) in [6, 6.07) is 27.1. The number of esters is 1. The molecular formula is C31H25NO7S2. The molecule has 41 heavy (non-hydrogen) atoms. The van der Waals surface area contributed by atoms with Crippen molar-refractivity contribution in [1.29, 1.82) is 0 Å². The van der Waals surface area contributed by atoms with Crippen molar-refractivity contribution in [2.75, 3.05) is 18.9 Å². The Kier molecular flexibility index (Phi) is 7.89. The van der Waals surface area contributed by atoms with Crippen molar-refractivity contribution in [3.8, 4) is 33.8 Å². The van der Waals surface area contributed by atoms with Gasteiger partial charge in [0.1, 0.15) is 16.4 Å². The average molecular weight is 588 g/mol. The van der Waals surface area contributed by atoms with E-state index in [1.165, 1.54) is 32.4 Å². The largest absolute Gasteiger partial charge is 0.508 e. The van der Waals surface area contributed by atoms with Gasteiger partial charge in [0.25, 0.3) is 10.0 Å². The third kappa shape index (κ3) is 5.71. The lowest BCUT2D eigenvalue weighted by Gasteiger charge is -2.15. The predicted octanol–water partition coefficient (Wildman–Crippen LogP) is 6.83. The van der Waals surface area contributed by atoms with E-state index in [1.54, 1.807) is 54.6 Å². The summed E-state index contributed by atoms with van der Waals surface area (Å²) in [5.74, 6) is -0.493. The molecule has 5 rings (SSSR count). The number of phenols is 2. The average Bonchev–Trinajstić information content (AvgIpc) is 2.96. The Hall–Kier alpha value is -4.51. The standard InChI is InChI=1S/C31H25NO7S2/c1-38-31(35)26-10-5-11-28(30(26)40-39-2)41(36,37)32-23-8-3-7-22(17-23)29-25-14-12-20(16-21(25)13-15-27(29)34)19-6-4-9-24(33)18-19/h3-18,32-34H,1-2H3. The molecule has 10 heteroatoms. The molecule has 0 heterocycles. The van der Waals surface area contributed by atoms with Gasteiger partial charge in [0.15, 0.2) is 0 Å². The molecule has 0 spiro atoms. The SMILES string of the molecule is COSc1c(C(=O)OC)cccc1S(=O)(=O)Nc1cccc(-c2c(O)ccc3cc(-c4cccc(O)c4)ccc23)c1. The zero-order valence-electron chi connectivity index (χ0n) is 22.0. The van der Waals surface area contributed by atoms with Crippen molar-refractivity contribution < 1.29 is 32.3 Å². The number of hydrogen-bond donors (Lipinski definition) is 3. The van der Waals surface area contributed by atoms with Crippen molar-refractivity contribution in [3.05, 3.63) is 103 Å². The van der Waals surface area contributed by atoms with Crippen molar-refractivity contribution in [2.45, 2.75) is 9.79 Å². The van der Waals surface area contributed by atoms with Gasteiger partial charge in [0, 0.05) is 23.3 Å². The second-order valence-corrected chi connectivity index (χ2v) is 11.6. The molecule has 5 aromatic rings. The van der Waals surface area contributed by atoms with Gasteiger partial charge >= 0.3 is 5.97 Å². The lowest BCUT2D eigenvalue weighted by molar-refractivity contribution is 0.0596. The van der Waals surface area contributed by atoms with Crippen molar-refractivity contribution in [2.24, 2.45) is 0 Å². The normalized spacial score (nSPS) is 11.4. The quantitative estimate of drug-likeness (QED) is 0.133. The number of hydrogen-bond acceptors (Lipinski definition) is 8. The number of phenolic OH excluding ortho intramolecular Hbond substituents is 2. The number of carbonyl (C=O) groups excluding carboxylic acids is 1. The van der Waals surface area contributed by atoms with E-state index in [2.05, 4.69) is 4.72 Å². The fourth-order valence-corrected chi connectivity index (χ4v) is 6.75. The van der Waals surface area contributed by atoms with Gasteiger partial charge in [-0.15, -0.1) is 0 Å². The van der Waals surface area contributed by atoms with Gasteiger partial charge in [-0.3, -0.25) is 4.72 Å². The monoisotopic (exact) mass is 587 g/mol. The second-order valence-electron chi connectivity index (χ2n) is 9.01. The van der Waals surface area contributed by atoms with Gasteiger partial charge in [-0.2, -0.15) is 0 Å². The highest BCUT2D eigenvalue weighted by Crippen LogP contribution is 2.39. The Morgan fingerprint density at radius 3 is 2.29 bits per heavy atom. The van der Waals surface area contributed by atoms with Crippen molar-refractivity contribution >= 4 is 44.5 Å². The highest BCUT2D eigenvalue weighted by molar-refractivity contribution is 7.97. The zero-order valence-corrected chi connectivity index (χ0v) is 23.6. The first-order valence-corrected chi connectivity index (χ1v) is 14.5. The summed E-state index contributed by atoms with van der Waals surface area (Å²) < 4.78 is 39.4. The van der Waals surface area contributed by atoms with E-state index in [9.17, 15) is 23.4 Å². The minimum atomic E-state index is -4.16. The summed E-state index contributed by atoms with van der Waals surface area (Å²) in [5, 5.41) is 22.3.